The predicted octanol–water partition coefficient (Wildman–Crippen LogP) is 20.7. The molecule has 0 aliphatic rings. The van der Waals surface area contributed by atoms with Gasteiger partial charge in [-0.05, 0) is 109 Å². The van der Waals surface area contributed by atoms with Crippen molar-refractivity contribution in [3.63, 3.8) is 0 Å². The van der Waals surface area contributed by atoms with Crippen molar-refractivity contribution >= 4 is 19.7 Å². The van der Waals surface area contributed by atoms with Gasteiger partial charge in [-0.15, -0.1) is 0 Å². The van der Waals surface area contributed by atoms with Crippen LogP contribution in [0.25, 0.3) is 0 Å². The first-order valence-electron chi connectivity index (χ1n) is 33.1. The van der Waals surface area contributed by atoms with Gasteiger partial charge in [0, 0.05) is 12.8 Å². The number of rotatable bonds is 59. The molecule has 0 saturated carbocycles. The van der Waals surface area contributed by atoms with Crippen molar-refractivity contribution < 1.29 is 37.3 Å². The largest absolute Gasteiger partial charge is 0.472 e. The molecule has 9 nitrogen and oxygen atoms in total. The predicted molar refractivity (Wildman–Crippen MR) is 346 cm³/mol. The zero-order chi connectivity index (χ0) is 58.6. The van der Waals surface area contributed by atoms with Crippen LogP contribution in [0.3, 0.4) is 0 Å². The third kappa shape index (κ3) is 59.5. The second kappa shape index (κ2) is 59.1. The van der Waals surface area contributed by atoms with Crippen LogP contribution in [-0.2, 0) is 27.9 Å². The highest BCUT2D eigenvalue weighted by Gasteiger charge is 2.30. The van der Waals surface area contributed by atoms with Gasteiger partial charge in [0.05, 0.1) is 33.8 Å². The summed E-state index contributed by atoms with van der Waals surface area (Å²) in [5.74, 6) is -0.572. The van der Waals surface area contributed by atoms with Gasteiger partial charge >= 0.3 is 13.8 Å². The molecule has 0 rings (SSSR count). The van der Waals surface area contributed by atoms with E-state index in [2.05, 4.69) is 111 Å². The number of nitrogens with zero attached hydrogens (tertiary/aromatic N) is 1. The molecule has 0 radical (unpaired) electrons. The number of phosphoric acid groups is 1. The van der Waals surface area contributed by atoms with Gasteiger partial charge in [-0.3, -0.25) is 18.6 Å². The van der Waals surface area contributed by atoms with Gasteiger partial charge in [-0.2, -0.15) is 0 Å². The summed E-state index contributed by atoms with van der Waals surface area (Å²) in [5, 5.41) is 3.05. The topological polar surface area (TPSA) is 111 Å². The van der Waals surface area contributed by atoms with E-state index in [-0.39, 0.29) is 31.5 Å². The van der Waals surface area contributed by atoms with Crippen molar-refractivity contribution in [1.29, 1.82) is 0 Å². The van der Waals surface area contributed by atoms with Gasteiger partial charge in [-0.1, -0.05) is 260 Å². The lowest BCUT2D eigenvalue weighted by atomic mass is 10.0. The fourth-order valence-electron chi connectivity index (χ4n) is 9.12. The molecule has 0 heterocycles. The Labute approximate surface area is 494 Å². The number of nitrogens with one attached hydrogen (secondary N) is 1. The highest BCUT2D eigenvalue weighted by atomic mass is 31.2. The van der Waals surface area contributed by atoms with Crippen molar-refractivity contribution in [1.82, 2.24) is 5.32 Å². The Morgan fingerprint density at radius 2 is 0.775 bits per heavy atom. The summed E-state index contributed by atoms with van der Waals surface area (Å²) in [6.45, 7) is 6.92. The molecular formula is C70H126N2O7P+. The zero-order valence-corrected chi connectivity index (χ0v) is 53.7. The Morgan fingerprint density at radius 3 is 1.19 bits per heavy atom. The van der Waals surface area contributed by atoms with Gasteiger partial charge in [0.25, 0.3) is 0 Å². The van der Waals surface area contributed by atoms with E-state index in [9.17, 15) is 19.0 Å². The van der Waals surface area contributed by atoms with Crippen LogP contribution in [0.15, 0.2) is 97.2 Å². The average molecular weight is 1140 g/mol. The van der Waals surface area contributed by atoms with Gasteiger partial charge in [-0.25, -0.2) is 4.57 Å². The molecule has 80 heavy (non-hydrogen) atoms. The van der Waals surface area contributed by atoms with Crippen LogP contribution >= 0.6 is 7.82 Å². The van der Waals surface area contributed by atoms with E-state index in [0.29, 0.717) is 23.9 Å². The van der Waals surface area contributed by atoms with E-state index in [1.54, 1.807) is 0 Å². The standard InChI is InChI=1S/C70H125N2O7P/c1-7-10-13-16-19-22-25-28-30-32-33-34-35-36-37-38-39-41-42-44-47-50-53-56-59-62-69(73)71-67(66-78-80(75,76)77-65-64-72(4,5)6)68(61-58-55-52-49-46-27-24-21-18-15-12-9-3)79-70(74)63-60-57-54-51-48-45-43-40-31-29-26-23-20-17-14-11-8-2/h19-20,22-23,28-31,33-34,43,45,51,54,58,61,67-68H,7-18,21,24-27,32,35-42,44,46-50,52-53,55-57,59-60,62-66H2,1-6H3,(H-,71,73,75,76)/p+1/b22-19-,23-20-,30-28-,31-29-,34-33-,45-43-,54-51-,61-58-. The Bertz CT molecular complexity index is 1690. The van der Waals surface area contributed by atoms with Crippen molar-refractivity contribution in [2.24, 2.45) is 0 Å². The second-order valence-electron chi connectivity index (χ2n) is 23.3. The van der Waals surface area contributed by atoms with Gasteiger partial charge in [0.2, 0.25) is 5.91 Å². The van der Waals surface area contributed by atoms with Crippen LogP contribution in [0.1, 0.15) is 284 Å². The van der Waals surface area contributed by atoms with Crippen LogP contribution in [-0.4, -0.2) is 74.3 Å². The number of esters is 1. The van der Waals surface area contributed by atoms with Crippen molar-refractivity contribution in [2.75, 3.05) is 40.9 Å². The lowest BCUT2D eigenvalue weighted by molar-refractivity contribution is -0.870. The van der Waals surface area contributed by atoms with E-state index in [1.807, 2.05) is 33.3 Å². The highest BCUT2D eigenvalue weighted by molar-refractivity contribution is 7.47. The summed E-state index contributed by atoms with van der Waals surface area (Å²) < 4.78 is 30.7. The van der Waals surface area contributed by atoms with E-state index >= 15 is 0 Å². The Morgan fingerprint density at radius 1 is 0.438 bits per heavy atom. The molecule has 0 aromatic heterocycles. The minimum Gasteiger partial charge on any atom is -0.456 e. The average Bonchev–Trinajstić information content (AvgIpc) is 3.42. The molecule has 0 aliphatic heterocycles. The fourth-order valence-corrected chi connectivity index (χ4v) is 9.85. The van der Waals surface area contributed by atoms with Crippen LogP contribution in [0.5, 0.6) is 0 Å². The van der Waals surface area contributed by atoms with Gasteiger partial charge < -0.3 is 19.4 Å². The molecule has 462 valence electrons. The van der Waals surface area contributed by atoms with Crippen LogP contribution < -0.4 is 5.32 Å². The lowest BCUT2D eigenvalue weighted by Gasteiger charge is -2.27. The number of unbranched alkanes of at least 4 members (excludes halogenated alkanes) is 29. The summed E-state index contributed by atoms with van der Waals surface area (Å²) in [6.07, 6.45) is 79.9. The quantitative estimate of drug-likeness (QED) is 0.0205. The van der Waals surface area contributed by atoms with Crippen LogP contribution in [0, 0.1) is 0 Å². The number of phosphoric ester groups is 1. The maximum Gasteiger partial charge on any atom is 0.472 e. The first-order valence-corrected chi connectivity index (χ1v) is 34.6. The summed E-state index contributed by atoms with van der Waals surface area (Å²) in [4.78, 5) is 37.8. The molecule has 3 atom stereocenters. The van der Waals surface area contributed by atoms with Gasteiger partial charge in [0.15, 0.2) is 0 Å². The number of quaternary nitrogens is 1. The summed E-state index contributed by atoms with van der Waals surface area (Å²) in [5.41, 5.74) is 0. The molecule has 1 amide bonds. The first kappa shape index (κ1) is 76.9. The van der Waals surface area contributed by atoms with Crippen molar-refractivity contribution in [3.8, 4) is 0 Å². The number of hydrogen-bond acceptors (Lipinski definition) is 6. The van der Waals surface area contributed by atoms with Crippen LogP contribution in [0.2, 0.25) is 0 Å². The SMILES string of the molecule is CCCCC/C=C\C/C=C\C/C=C\C/C=C\CCCC(=O)OC(/C=C\CCCCCCCCCCCC)C(COP(=O)(O)OCC[N+](C)(C)C)NC(=O)CCCCCCCCCCCCCC/C=C\C/C=C\C/C=C\CCCCC. The molecule has 0 fully saturated rings. The number of allylic oxidation sites excluding steroid dienone is 15. The molecule has 0 aliphatic carbocycles. The van der Waals surface area contributed by atoms with Crippen LogP contribution in [0.4, 0.5) is 0 Å². The smallest absolute Gasteiger partial charge is 0.456 e. The molecule has 0 aromatic carbocycles. The number of hydrogen-bond donors (Lipinski definition) is 2. The van der Waals surface area contributed by atoms with Crippen molar-refractivity contribution in [3.05, 3.63) is 97.2 Å². The Balaban J connectivity index is 5.20. The second-order valence-corrected chi connectivity index (χ2v) is 24.7. The van der Waals surface area contributed by atoms with E-state index in [0.717, 1.165) is 77.0 Å². The van der Waals surface area contributed by atoms with E-state index in [1.165, 1.54) is 167 Å². The van der Waals surface area contributed by atoms with Crippen molar-refractivity contribution in [2.45, 2.75) is 296 Å². The molecule has 0 aromatic rings. The fraction of sp³-hybridized carbons (Fsp3) is 0.743. The summed E-state index contributed by atoms with van der Waals surface area (Å²) in [7, 11) is 1.46. The molecular weight excluding hydrogens is 1010 g/mol. The molecule has 10 heteroatoms. The molecule has 2 N–H and O–H groups in total. The maximum atomic E-state index is 13.6. The number of carbonyl (C=O) groups excluding carboxylic acids is 2. The first-order chi connectivity index (χ1) is 38.9. The molecule has 0 saturated heterocycles. The van der Waals surface area contributed by atoms with E-state index in [4.69, 9.17) is 13.8 Å². The normalized spacial score (nSPS) is 14.2. The molecule has 0 bridgehead atoms. The van der Waals surface area contributed by atoms with E-state index < -0.39 is 20.0 Å². The number of likely N-dealkylation sites (N-methyl/N-ethyl adjacent to an activating group) is 1. The summed E-state index contributed by atoms with van der Waals surface area (Å²) >= 11 is 0. The van der Waals surface area contributed by atoms with Gasteiger partial charge in [0.1, 0.15) is 19.3 Å². The summed E-state index contributed by atoms with van der Waals surface area (Å²) in [6, 6.07) is -0.877. The molecule has 3 unspecified atom stereocenters. The third-order valence-corrected chi connectivity index (χ3v) is 15.2. The zero-order valence-electron chi connectivity index (χ0n) is 52.8. The minimum absolute atomic E-state index is 0.0279. The Kier molecular flexibility index (Phi) is 56.8. The number of ether oxygens (including phenoxy) is 1. The third-order valence-electron chi connectivity index (χ3n) is 14.2. The number of amides is 1. The molecule has 0 spiro atoms. The monoisotopic (exact) mass is 1140 g/mol. The minimum atomic E-state index is -4.47. The lowest BCUT2D eigenvalue weighted by Crippen LogP contribution is -2.47. The number of carbonyl (C=O) groups is 2. The Hall–Kier alpha value is -3.07. The highest BCUT2D eigenvalue weighted by Crippen LogP contribution is 2.43. The maximum absolute atomic E-state index is 13.6.